The number of nitrogens with two attached hydrogens (primary N) is 1. The van der Waals surface area contributed by atoms with E-state index in [9.17, 15) is 8.78 Å². The lowest BCUT2D eigenvalue weighted by Crippen LogP contribution is -2.44. The molecule has 184 valence electrons. The van der Waals surface area contributed by atoms with Gasteiger partial charge in [-0.3, -0.25) is 4.68 Å². The van der Waals surface area contributed by atoms with Crippen LogP contribution in [0, 0.1) is 30.9 Å². The summed E-state index contributed by atoms with van der Waals surface area (Å²) in [5.41, 5.74) is 12.3. The number of nitrogens with zero attached hydrogens (tertiary/aromatic N) is 6. The standard InChI is InChI=1S/C25H27F2N7.ClH/c1-14-22(19-13-30-32(3)15(19)2)34-21(4-7-29-34)24(31-14)33-8-5-25(6-9-33)12-18-17(23(25)28)10-16(26)11-20(18)27;/h4,7,10-11,13,23H,5-6,8-9,12,28H2,1-3H3;1H/t23-;/m1./s1. The number of anilines is 1. The summed E-state index contributed by atoms with van der Waals surface area (Å²) in [6, 6.07) is 3.99. The van der Waals surface area contributed by atoms with Gasteiger partial charge in [-0.2, -0.15) is 10.2 Å². The fraction of sp³-hybridized carbons (Fsp3) is 0.400. The molecule has 1 fully saturated rings. The van der Waals surface area contributed by atoms with Crippen LogP contribution in [0.15, 0.2) is 30.6 Å². The van der Waals surface area contributed by atoms with Gasteiger partial charge in [0.1, 0.15) is 17.2 Å². The van der Waals surface area contributed by atoms with Crippen LogP contribution in [0.4, 0.5) is 14.6 Å². The SMILES string of the molecule is Cc1nc(N2CCC3(CC2)Cc2c(F)cc(F)cc2[C@H]3N)c2ccnn2c1-c1cnn(C)c1C.Cl. The van der Waals surface area contributed by atoms with Crippen LogP contribution >= 0.6 is 12.4 Å². The number of aryl methyl sites for hydroxylation is 2. The van der Waals surface area contributed by atoms with E-state index in [0.29, 0.717) is 17.5 Å². The average Bonchev–Trinajstić information content (AvgIpc) is 3.49. The van der Waals surface area contributed by atoms with Crippen LogP contribution in [0.3, 0.4) is 0 Å². The Bertz CT molecular complexity index is 1440. The van der Waals surface area contributed by atoms with Crippen molar-refractivity contribution in [2.45, 2.75) is 39.2 Å². The molecule has 1 spiro atoms. The van der Waals surface area contributed by atoms with E-state index >= 15 is 0 Å². The third-order valence-electron chi connectivity index (χ3n) is 7.97. The van der Waals surface area contributed by atoms with E-state index in [1.54, 1.807) is 6.20 Å². The van der Waals surface area contributed by atoms with Crippen molar-refractivity contribution in [1.29, 1.82) is 0 Å². The molecule has 1 aliphatic carbocycles. The minimum atomic E-state index is -0.562. The predicted molar refractivity (Wildman–Crippen MR) is 133 cm³/mol. The normalized spacial score (nSPS) is 18.8. The number of benzene rings is 1. The Morgan fingerprint density at radius 3 is 2.54 bits per heavy atom. The first kappa shape index (κ1) is 23.7. The van der Waals surface area contributed by atoms with Crippen LogP contribution in [0.2, 0.25) is 0 Å². The molecular weight excluding hydrogens is 472 g/mol. The lowest BCUT2D eigenvalue weighted by molar-refractivity contribution is 0.186. The first-order valence-electron chi connectivity index (χ1n) is 11.6. The van der Waals surface area contributed by atoms with Gasteiger partial charge in [0.25, 0.3) is 0 Å². The third kappa shape index (κ3) is 3.43. The molecule has 2 N–H and O–H groups in total. The highest BCUT2D eigenvalue weighted by Crippen LogP contribution is 2.52. The molecule has 4 aromatic rings. The summed E-state index contributed by atoms with van der Waals surface area (Å²) in [5, 5.41) is 8.99. The molecule has 0 saturated carbocycles. The van der Waals surface area contributed by atoms with Gasteiger partial charge in [0, 0.05) is 43.5 Å². The molecule has 10 heteroatoms. The van der Waals surface area contributed by atoms with E-state index < -0.39 is 11.6 Å². The second-order valence-corrected chi connectivity index (χ2v) is 9.72. The first-order chi connectivity index (χ1) is 16.3. The van der Waals surface area contributed by atoms with E-state index in [0.717, 1.165) is 66.0 Å². The zero-order valence-corrected chi connectivity index (χ0v) is 20.7. The molecule has 6 rings (SSSR count). The van der Waals surface area contributed by atoms with Crippen molar-refractivity contribution in [3.05, 3.63) is 64.7 Å². The zero-order valence-electron chi connectivity index (χ0n) is 19.9. The molecule has 4 heterocycles. The van der Waals surface area contributed by atoms with Gasteiger partial charge in [0.2, 0.25) is 0 Å². The minimum Gasteiger partial charge on any atom is -0.355 e. The van der Waals surface area contributed by atoms with Gasteiger partial charge in [-0.05, 0) is 61.8 Å². The van der Waals surface area contributed by atoms with Crippen LogP contribution in [-0.4, -0.2) is 37.5 Å². The molecule has 7 nitrogen and oxygen atoms in total. The van der Waals surface area contributed by atoms with Crippen molar-refractivity contribution in [2.24, 2.45) is 18.2 Å². The highest BCUT2D eigenvalue weighted by molar-refractivity contribution is 5.85. The van der Waals surface area contributed by atoms with Crippen molar-refractivity contribution in [2.75, 3.05) is 18.0 Å². The molecule has 1 aliphatic heterocycles. The summed E-state index contributed by atoms with van der Waals surface area (Å²) in [5.74, 6) is -0.159. The second-order valence-electron chi connectivity index (χ2n) is 9.72. The highest BCUT2D eigenvalue weighted by atomic mass is 35.5. The number of fused-ring (bicyclic) bond motifs is 2. The maximum absolute atomic E-state index is 14.5. The van der Waals surface area contributed by atoms with Gasteiger partial charge in [0.05, 0.1) is 23.8 Å². The van der Waals surface area contributed by atoms with Gasteiger partial charge in [0.15, 0.2) is 5.82 Å². The summed E-state index contributed by atoms with van der Waals surface area (Å²) < 4.78 is 32.1. The molecule has 0 bridgehead atoms. The second kappa shape index (κ2) is 8.27. The molecule has 0 amide bonds. The van der Waals surface area contributed by atoms with Gasteiger partial charge in [-0.1, -0.05) is 0 Å². The van der Waals surface area contributed by atoms with E-state index in [1.807, 2.05) is 42.4 Å². The fourth-order valence-electron chi connectivity index (χ4n) is 5.88. The van der Waals surface area contributed by atoms with Crippen LogP contribution in [-0.2, 0) is 13.5 Å². The fourth-order valence-corrected chi connectivity index (χ4v) is 5.88. The first-order valence-corrected chi connectivity index (χ1v) is 11.6. The van der Waals surface area contributed by atoms with Crippen LogP contribution in [0.5, 0.6) is 0 Å². The molecule has 0 radical (unpaired) electrons. The van der Waals surface area contributed by atoms with Crippen LogP contribution in [0.1, 0.15) is 41.4 Å². The lowest BCUT2D eigenvalue weighted by Gasteiger charge is -2.42. The minimum absolute atomic E-state index is 0. The van der Waals surface area contributed by atoms with Crippen molar-refractivity contribution < 1.29 is 8.78 Å². The van der Waals surface area contributed by atoms with Crippen LogP contribution < -0.4 is 10.6 Å². The average molecular weight is 500 g/mol. The van der Waals surface area contributed by atoms with Gasteiger partial charge >= 0.3 is 0 Å². The van der Waals surface area contributed by atoms with Crippen molar-refractivity contribution in [3.63, 3.8) is 0 Å². The third-order valence-corrected chi connectivity index (χ3v) is 7.97. The summed E-state index contributed by atoms with van der Waals surface area (Å²) in [6.45, 7) is 5.51. The van der Waals surface area contributed by atoms with E-state index in [4.69, 9.17) is 10.7 Å². The molecule has 2 aliphatic rings. The zero-order chi connectivity index (χ0) is 23.8. The van der Waals surface area contributed by atoms with Crippen molar-refractivity contribution in [3.8, 4) is 11.3 Å². The molecule has 0 unspecified atom stereocenters. The van der Waals surface area contributed by atoms with E-state index in [2.05, 4.69) is 15.1 Å². The summed E-state index contributed by atoms with van der Waals surface area (Å²) >= 11 is 0. The molecule has 1 atom stereocenters. The molecule has 35 heavy (non-hydrogen) atoms. The summed E-state index contributed by atoms with van der Waals surface area (Å²) in [6.07, 6.45) is 5.77. The number of aromatic nitrogens is 5. The Labute approximate surface area is 208 Å². The predicted octanol–water partition coefficient (Wildman–Crippen LogP) is 4.29. The molecule has 1 saturated heterocycles. The monoisotopic (exact) mass is 499 g/mol. The van der Waals surface area contributed by atoms with Gasteiger partial charge in [-0.15, -0.1) is 12.4 Å². The van der Waals surface area contributed by atoms with Crippen molar-refractivity contribution in [1.82, 2.24) is 24.4 Å². The maximum Gasteiger partial charge on any atom is 0.155 e. The lowest BCUT2D eigenvalue weighted by atomic mass is 9.73. The summed E-state index contributed by atoms with van der Waals surface area (Å²) in [7, 11) is 1.92. The van der Waals surface area contributed by atoms with Gasteiger partial charge in [-0.25, -0.2) is 18.3 Å². The number of rotatable bonds is 2. The quantitative estimate of drug-likeness (QED) is 0.445. The largest absolute Gasteiger partial charge is 0.355 e. The topological polar surface area (TPSA) is 77.3 Å². The Morgan fingerprint density at radius 1 is 1.11 bits per heavy atom. The smallest absolute Gasteiger partial charge is 0.155 e. The molecule has 1 aromatic carbocycles. The Kier molecular flexibility index (Phi) is 5.60. The Hall–Kier alpha value is -3.04. The highest BCUT2D eigenvalue weighted by Gasteiger charge is 2.47. The number of halogens is 3. The van der Waals surface area contributed by atoms with Gasteiger partial charge < -0.3 is 10.6 Å². The molecular formula is C25H28ClF2N7. The van der Waals surface area contributed by atoms with E-state index in [1.165, 1.54) is 6.07 Å². The maximum atomic E-state index is 14.5. The molecule has 3 aromatic heterocycles. The number of hydrogen-bond acceptors (Lipinski definition) is 5. The van der Waals surface area contributed by atoms with Crippen molar-refractivity contribution >= 4 is 23.7 Å². The Morgan fingerprint density at radius 2 is 1.86 bits per heavy atom. The number of piperidine rings is 1. The Balaban J connectivity index is 0.00000253. The summed E-state index contributed by atoms with van der Waals surface area (Å²) in [4.78, 5) is 7.28. The van der Waals surface area contributed by atoms with E-state index in [-0.39, 0.29) is 23.9 Å². The number of hydrogen-bond donors (Lipinski definition) is 1. The van der Waals surface area contributed by atoms with Crippen LogP contribution in [0.25, 0.3) is 16.8 Å².